The van der Waals surface area contributed by atoms with Crippen molar-refractivity contribution in [3.8, 4) is 40.2 Å². The van der Waals surface area contributed by atoms with E-state index in [0.717, 1.165) is 64.0 Å². The molecule has 4 heterocycles. The number of fused-ring (bicyclic) bond motifs is 10. The molecule has 5 aromatic carbocycles. The van der Waals surface area contributed by atoms with E-state index >= 15 is 0 Å². The van der Waals surface area contributed by atoms with Gasteiger partial charge < -0.3 is 18.9 Å². The molecule has 6 heteroatoms. The summed E-state index contributed by atoms with van der Waals surface area (Å²) in [7, 11) is 0. The van der Waals surface area contributed by atoms with Crippen LogP contribution in [0.15, 0.2) is 97.1 Å². The zero-order valence-corrected chi connectivity index (χ0v) is 22.6. The molecule has 0 fully saturated rings. The summed E-state index contributed by atoms with van der Waals surface area (Å²) in [6, 6.07) is 31.8. The third-order valence-electron chi connectivity index (χ3n) is 10.2. The van der Waals surface area contributed by atoms with Gasteiger partial charge in [0.1, 0.15) is 46.4 Å². The molecule has 0 amide bonds. The fraction of sp³-hybridized carbons (Fsp3) is 0.111. The third kappa shape index (κ3) is 2.58. The van der Waals surface area contributed by atoms with Crippen LogP contribution in [0.25, 0.3) is 5.57 Å². The van der Waals surface area contributed by atoms with Gasteiger partial charge >= 0.3 is 0 Å². The number of para-hydroxylation sites is 2. The Morgan fingerprint density at radius 3 is 2.10 bits per heavy atom. The molecule has 42 heavy (non-hydrogen) atoms. The van der Waals surface area contributed by atoms with Gasteiger partial charge in [-0.2, -0.15) is 0 Å². The normalized spacial score (nSPS) is 20.0. The van der Waals surface area contributed by atoms with E-state index in [1.807, 2.05) is 12.1 Å². The van der Waals surface area contributed by atoms with E-state index in [1.54, 1.807) is 0 Å². The smallest absolute Gasteiger partial charge is 0.260 e. The van der Waals surface area contributed by atoms with Crippen molar-refractivity contribution in [1.29, 1.82) is 0 Å². The van der Waals surface area contributed by atoms with Gasteiger partial charge in [-0.25, -0.2) is 0 Å². The van der Waals surface area contributed by atoms with Gasteiger partial charge in [-0.1, -0.05) is 60.7 Å². The summed E-state index contributed by atoms with van der Waals surface area (Å²) in [6.07, 6.45) is 4.41. The highest BCUT2D eigenvalue weighted by molar-refractivity contribution is 6.98. The highest BCUT2D eigenvalue weighted by Gasteiger charge is 2.52. The predicted molar refractivity (Wildman–Crippen MR) is 166 cm³/mol. The molecular formula is C36H22B2O4. The first-order chi connectivity index (χ1) is 20.8. The van der Waals surface area contributed by atoms with Crippen LogP contribution in [0, 0.1) is 0 Å². The summed E-state index contributed by atoms with van der Waals surface area (Å²) in [6.45, 7) is 0.192. The van der Waals surface area contributed by atoms with Crippen LogP contribution in [-0.4, -0.2) is 13.4 Å². The van der Waals surface area contributed by atoms with Crippen LogP contribution in [0.3, 0.4) is 0 Å². The lowest BCUT2D eigenvalue weighted by molar-refractivity contribution is 0.198. The molecule has 11 rings (SSSR count). The van der Waals surface area contributed by atoms with Crippen molar-refractivity contribution < 1.29 is 18.9 Å². The second-order valence-corrected chi connectivity index (χ2v) is 12.2. The number of hydrogen-bond acceptors (Lipinski definition) is 4. The average Bonchev–Trinajstić information content (AvgIpc) is 3.44. The predicted octanol–water partition coefficient (Wildman–Crippen LogP) is 4.98. The number of allylic oxidation sites excluding steroid dienone is 1. The fourth-order valence-electron chi connectivity index (χ4n) is 8.59. The topological polar surface area (TPSA) is 36.9 Å². The Morgan fingerprint density at radius 2 is 1.26 bits per heavy atom. The van der Waals surface area contributed by atoms with Crippen molar-refractivity contribution in [1.82, 2.24) is 0 Å². The van der Waals surface area contributed by atoms with Crippen LogP contribution in [0.4, 0.5) is 0 Å². The van der Waals surface area contributed by atoms with Crippen molar-refractivity contribution >= 4 is 46.3 Å². The van der Waals surface area contributed by atoms with Gasteiger partial charge in [0, 0.05) is 22.3 Å². The van der Waals surface area contributed by atoms with E-state index in [4.69, 9.17) is 18.9 Å². The van der Waals surface area contributed by atoms with E-state index in [0.29, 0.717) is 0 Å². The van der Waals surface area contributed by atoms with Gasteiger partial charge in [-0.05, 0) is 82.3 Å². The molecule has 4 aliphatic heterocycles. The van der Waals surface area contributed by atoms with Crippen LogP contribution in [0.5, 0.6) is 40.2 Å². The molecule has 0 saturated carbocycles. The maximum Gasteiger partial charge on any atom is 0.260 e. The standard InChI is InChI=1S/C36H22B2O4/c1-3-9-25-21(7-1)37-23-17-19-15-16-20-18-24-36(32(31(19)20)35(23)41-29-13-5-11-27(39-25)33(29)37)42-30-14-6-12-28-34(30)38(24)22-8-2-4-10-26(22)40-28/h1-14,17-18,23,35H,15-16H2. The Labute approximate surface area is 243 Å². The van der Waals surface area contributed by atoms with Crippen molar-refractivity contribution in [2.24, 2.45) is 0 Å². The lowest BCUT2D eigenvalue weighted by Gasteiger charge is -2.44. The number of rotatable bonds is 0. The molecule has 6 aliphatic rings. The number of ether oxygens (including phenoxy) is 4. The molecule has 0 spiro atoms. The highest BCUT2D eigenvalue weighted by Crippen LogP contribution is 2.55. The number of benzene rings is 5. The summed E-state index contributed by atoms with van der Waals surface area (Å²) in [5, 5.41) is 0. The molecule has 2 atom stereocenters. The molecule has 196 valence electrons. The first-order valence-corrected chi connectivity index (χ1v) is 14.9. The van der Waals surface area contributed by atoms with E-state index < -0.39 is 0 Å². The maximum atomic E-state index is 7.06. The summed E-state index contributed by atoms with van der Waals surface area (Å²) in [4.78, 5) is 0. The summed E-state index contributed by atoms with van der Waals surface area (Å²) in [5.41, 5.74) is 11.3. The molecule has 0 saturated heterocycles. The van der Waals surface area contributed by atoms with Crippen LogP contribution in [0.1, 0.15) is 29.2 Å². The van der Waals surface area contributed by atoms with Gasteiger partial charge in [0.05, 0.1) is 0 Å². The molecular weight excluding hydrogens is 518 g/mol. The fourth-order valence-corrected chi connectivity index (χ4v) is 8.59. The second kappa shape index (κ2) is 7.51. The number of hydrogen-bond donors (Lipinski definition) is 0. The van der Waals surface area contributed by atoms with Crippen LogP contribution in [0.2, 0.25) is 5.82 Å². The maximum absolute atomic E-state index is 7.06. The Morgan fingerprint density at radius 1 is 0.595 bits per heavy atom. The highest BCUT2D eigenvalue weighted by atomic mass is 16.5. The number of aryl methyl sites for hydroxylation is 1. The van der Waals surface area contributed by atoms with Gasteiger partial charge in [-0.15, -0.1) is 0 Å². The van der Waals surface area contributed by atoms with E-state index in [9.17, 15) is 0 Å². The summed E-state index contributed by atoms with van der Waals surface area (Å²) in [5.74, 6) is 6.50. The molecule has 0 aromatic heterocycles. The Balaban J connectivity index is 1.19. The monoisotopic (exact) mass is 540 g/mol. The molecule has 0 N–H and O–H groups in total. The average molecular weight is 540 g/mol. The van der Waals surface area contributed by atoms with Crippen molar-refractivity contribution in [2.45, 2.75) is 24.8 Å². The molecule has 0 bridgehead atoms. The van der Waals surface area contributed by atoms with Gasteiger partial charge in [0.2, 0.25) is 6.71 Å². The zero-order chi connectivity index (χ0) is 27.1. The first-order valence-electron chi connectivity index (χ1n) is 14.9. The minimum absolute atomic E-state index is 0.0474. The Hall–Kier alpha value is -4.83. The molecule has 2 aliphatic carbocycles. The van der Waals surface area contributed by atoms with Crippen LogP contribution >= 0.6 is 0 Å². The minimum Gasteiger partial charge on any atom is -0.486 e. The second-order valence-electron chi connectivity index (χ2n) is 12.2. The van der Waals surface area contributed by atoms with Crippen molar-refractivity contribution in [3.63, 3.8) is 0 Å². The van der Waals surface area contributed by atoms with Gasteiger partial charge in [-0.3, -0.25) is 0 Å². The first kappa shape index (κ1) is 21.9. The summed E-state index contributed by atoms with van der Waals surface area (Å²) < 4.78 is 26.8. The third-order valence-corrected chi connectivity index (χ3v) is 10.2. The van der Waals surface area contributed by atoms with Crippen molar-refractivity contribution in [2.75, 3.05) is 0 Å². The van der Waals surface area contributed by atoms with E-state index in [1.165, 1.54) is 38.7 Å². The van der Waals surface area contributed by atoms with E-state index in [-0.39, 0.29) is 25.3 Å². The zero-order valence-electron chi connectivity index (χ0n) is 22.6. The van der Waals surface area contributed by atoms with Crippen molar-refractivity contribution in [3.05, 3.63) is 114 Å². The molecule has 4 nitrogen and oxygen atoms in total. The van der Waals surface area contributed by atoms with E-state index in [2.05, 4.69) is 84.9 Å². The molecule has 2 unspecified atom stereocenters. The Kier molecular flexibility index (Phi) is 3.91. The SMILES string of the molecule is C1=C2CCc3cc4c(c(c32)C2Oc3cccc5c3B(c3ccccc3O5)C12)Oc1cccc2c1B4c1ccccc1O2. The van der Waals surface area contributed by atoms with Crippen LogP contribution < -0.4 is 46.3 Å². The molecule has 0 radical (unpaired) electrons. The molecule has 5 aromatic rings. The van der Waals surface area contributed by atoms with Gasteiger partial charge in [0.15, 0.2) is 0 Å². The lowest BCUT2D eigenvalue weighted by atomic mass is 9.29. The van der Waals surface area contributed by atoms with Crippen LogP contribution in [-0.2, 0) is 6.42 Å². The lowest BCUT2D eigenvalue weighted by Crippen LogP contribution is -2.58. The Bertz CT molecular complexity index is 2100. The van der Waals surface area contributed by atoms with Gasteiger partial charge in [0.25, 0.3) is 6.71 Å². The largest absolute Gasteiger partial charge is 0.486 e. The quantitative estimate of drug-likeness (QED) is 0.255. The summed E-state index contributed by atoms with van der Waals surface area (Å²) >= 11 is 0. The minimum atomic E-state index is -0.172.